The predicted molar refractivity (Wildman–Crippen MR) is 92.0 cm³/mol. The number of hydrogen-bond donors (Lipinski definition) is 1. The van der Waals surface area contributed by atoms with Crippen molar-refractivity contribution >= 4 is 6.03 Å². The third-order valence-corrected chi connectivity index (χ3v) is 4.92. The number of urea groups is 1. The van der Waals surface area contributed by atoms with Crippen molar-refractivity contribution in [1.82, 2.24) is 25.3 Å². The number of amides is 2. The highest BCUT2D eigenvalue weighted by molar-refractivity contribution is 5.75. The third kappa shape index (κ3) is 3.82. The van der Waals surface area contributed by atoms with E-state index in [0.717, 1.165) is 32.6 Å². The molecule has 1 aromatic heterocycles. The highest BCUT2D eigenvalue weighted by atomic mass is 16.5. The molecule has 1 aliphatic carbocycles. The second-order valence-corrected chi connectivity index (χ2v) is 6.81. The monoisotopic (exact) mass is 341 g/mol. The van der Waals surface area contributed by atoms with Crippen LogP contribution in [0.25, 0.3) is 0 Å². The van der Waals surface area contributed by atoms with Gasteiger partial charge in [-0.2, -0.15) is 4.98 Å². The summed E-state index contributed by atoms with van der Waals surface area (Å²) in [6.45, 7) is 5.55. The molecule has 1 aliphatic heterocycles. The minimum absolute atomic E-state index is 0.0525. The van der Waals surface area contributed by atoms with Crippen molar-refractivity contribution in [3.8, 4) is 0 Å². The summed E-state index contributed by atoms with van der Waals surface area (Å²) in [6, 6.07) is 10.7. The second kappa shape index (κ2) is 6.84. The Labute approximate surface area is 147 Å². The number of aromatic nitrogens is 2. The first-order chi connectivity index (χ1) is 12.2. The van der Waals surface area contributed by atoms with Crippen LogP contribution in [0.3, 0.4) is 0 Å². The van der Waals surface area contributed by atoms with Crippen molar-refractivity contribution in [2.45, 2.75) is 31.8 Å². The SMILES string of the molecule is Cc1noc(CN2CCN(C(=O)NC3CC3c3ccccc3)CC2)n1. The van der Waals surface area contributed by atoms with Crippen molar-refractivity contribution in [3.05, 3.63) is 47.6 Å². The lowest BCUT2D eigenvalue weighted by Crippen LogP contribution is -2.52. The van der Waals surface area contributed by atoms with Crippen LogP contribution in [0.15, 0.2) is 34.9 Å². The number of carbonyl (C=O) groups excluding carboxylic acids is 1. The number of nitrogens with one attached hydrogen (secondary N) is 1. The first kappa shape index (κ1) is 16.1. The van der Waals surface area contributed by atoms with Crippen LogP contribution >= 0.6 is 0 Å². The molecule has 1 saturated carbocycles. The average molecular weight is 341 g/mol. The van der Waals surface area contributed by atoms with E-state index in [2.05, 4.69) is 44.6 Å². The van der Waals surface area contributed by atoms with Crippen molar-refractivity contribution in [1.29, 1.82) is 0 Å². The maximum absolute atomic E-state index is 12.4. The van der Waals surface area contributed by atoms with Gasteiger partial charge in [0.05, 0.1) is 6.54 Å². The Morgan fingerprint density at radius 1 is 1.24 bits per heavy atom. The van der Waals surface area contributed by atoms with Gasteiger partial charge < -0.3 is 14.7 Å². The average Bonchev–Trinajstić information content (AvgIpc) is 3.28. The summed E-state index contributed by atoms with van der Waals surface area (Å²) < 4.78 is 5.16. The number of aryl methyl sites for hydroxylation is 1. The largest absolute Gasteiger partial charge is 0.338 e. The van der Waals surface area contributed by atoms with E-state index >= 15 is 0 Å². The van der Waals surface area contributed by atoms with Crippen molar-refractivity contribution < 1.29 is 9.32 Å². The standard InChI is InChI=1S/C18H23N5O2/c1-13-19-17(25-21-13)12-22-7-9-23(10-8-22)18(24)20-16-11-15(16)14-5-3-2-4-6-14/h2-6,15-16H,7-12H2,1H3,(H,20,24). The Balaban J connectivity index is 1.22. The van der Waals surface area contributed by atoms with Crippen molar-refractivity contribution in [2.24, 2.45) is 0 Å². The summed E-state index contributed by atoms with van der Waals surface area (Å²) >= 11 is 0. The molecule has 1 aromatic carbocycles. The smallest absolute Gasteiger partial charge is 0.317 e. The molecule has 0 radical (unpaired) electrons. The molecule has 4 rings (SSSR count). The van der Waals surface area contributed by atoms with Gasteiger partial charge in [0.2, 0.25) is 5.89 Å². The molecule has 2 amide bonds. The molecular formula is C18H23N5O2. The maximum Gasteiger partial charge on any atom is 0.317 e. The third-order valence-electron chi connectivity index (χ3n) is 4.92. The molecule has 7 nitrogen and oxygen atoms in total. The Morgan fingerprint density at radius 2 is 2.00 bits per heavy atom. The van der Waals surface area contributed by atoms with E-state index < -0.39 is 0 Å². The van der Waals surface area contributed by atoms with Gasteiger partial charge in [-0.25, -0.2) is 4.79 Å². The van der Waals surface area contributed by atoms with E-state index in [0.29, 0.717) is 24.2 Å². The normalized spacial score (nSPS) is 23.5. The van der Waals surface area contributed by atoms with Gasteiger partial charge in [0, 0.05) is 38.1 Å². The minimum atomic E-state index is 0.0525. The first-order valence-corrected chi connectivity index (χ1v) is 8.81. The van der Waals surface area contributed by atoms with Crippen LogP contribution in [0.2, 0.25) is 0 Å². The van der Waals surface area contributed by atoms with E-state index in [1.54, 1.807) is 0 Å². The fourth-order valence-electron chi connectivity index (χ4n) is 3.38. The first-order valence-electron chi connectivity index (χ1n) is 8.81. The number of benzene rings is 1. The van der Waals surface area contributed by atoms with Gasteiger partial charge in [-0.3, -0.25) is 4.90 Å². The van der Waals surface area contributed by atoms with Crippen LogP contribution in [0, 0.1) is 6.92 Å². The number of piperazine rings is 1. The molecule has 0 spiro atoms. The quantitative estimate of drug-likeness (QED) is 0.917. The minimum Gasteiger partial charge on any atom is -0.338 e. The highest BCUT2D eigenvalue weighted by Crippen LogP contribution is 2.40. The molecule has 0 bridgehead atoms. The van der Waals surface area contributed by atoms with Crippen molar-refractivity contribution in [3.63, 3.8) is 0 Å². The van der Waals surface area contributed by atoms with Crippen LogP contribution in [0.1, 0.15) is 29.6 Å². The Kier molecular flexibility index (Phi) is 4.40. The molecular weight excluding hydrogens is 318 g/mol. The molecule has 1 saturated heterocycles. The summed E-state index contributed by atoms with van der Waals surface area (Å²) in [5, 5.41) is 6.98. The highest BCUT2D eigenvalue weighted by Gasteiger charge is 2.40. The second-order valence-electron chi connectivity index (χ2n) is 6.81. The lowest BCUT2D eigenvalue weighted by molar-refractivity contribution is 0.126. The summed E-state index contributed by atoms with van der Waals surface area (Å²) in [4.78, 5) is 20.8. The van der Waals surface area contributed by atoms with Crippen LogP contribution in [-0.2, 0) is 6.54 Å². The molecule has 25 heavy (non-hydrogen) atoms. The van der Waals surface area contributed by atoms with Gasteiger partial charge in [-0.1, -0.05) is 35.5 Å². The van der Waals surface area contributed by atoms with E-state index in [9.17, 15) is 4.79 Å². The maximum atomic E-state index is 12.4. The van der Waals surface area contributed by atoms with Crippen LogP contribution in [0.4, 0.5) is 4.79 Å². The van der Waals surface area contributed by atoms with Gasteiger partial charge in [-0.05, 0) is 18.9 Å². The van der Waals surface area contributed by atoms with Crippen LogP contribution in [0.5, 0.6) is 0 Å². The Morgan fingerprint density at radius 3 is 2.68 bits per heavy atom. The Bertz CT molecular complexity index is 724. The van der Waals surface area contributed by atoms with E-state index in [-0.39, 0.29) is 12.1 Å². The molecule has 7 heteroatoms. The van der Waals surface area contributed by atoms with Crippen LogP contribution < -0.4 is 5.32 Å². The summed E-state index contributed by atoms with van der Waals surface area (Å²) in [5.74, 6) is 1.76. The molecule has 2 aliphatic rings. The molecule has 132 valence electrons. The zero-order valence-electron chi connectivity index (χ0n) is 14.4. The number of hydrogen-bond acceptors (Lipinski definition) is 5. The van der Waals surface area contributed by atoms with Gasteiger partial charge in [-0.15, -0.1) is 0 Å². The predicted octanol–water partition coefficient (Wildman–Crippen LogP) is 1.76. The fraction of sp³-hybridized carbons (Fsp3) is 0.500. The number of rotatable bonds is 4. The van der Waals surface area contributed by atoms with E-state index in [4.69, 9.17) is 4.52 Å². The fourth-order valence-corrected chi connectivity index (χ4v) is 3.38. The number of carbonyl (C=O) groups is 1. The van der Waals surface area contributed by atoms with E-state index in [1.165, 1.54) is 5.56 Å². The summed E-state index contributed by atoms with van der Waals surface area (Å²) in [6.07, 6.45) is 1.03. The van der Waals surface area contributed by atoms with Gasteiger partial charge in [0.1, 0.15) is 0 Å². The lowest BCUT2D eigenvalue weighted by Gasteiger charge is -2.34. The zero-order chi connectivity index (χ0) is 17.2. The molecule has 2 unspecified atom stereocenters. The van der Waals surface area contributed by atoms with Gasteiger partial charge in [0.25, 0.3) is 0 Å². The molecule has 2 aromatic rings. The Hall–Kier alpha value is -2.41. The molecule has 2 heterocycles. The van der Waals surface area contributed by atoms with Crippen LogP contribution in [-0.4, -0.2) is 58.2 Å². The molecule has 2 atom stereocenters. The zero-order valence-corrected chi connectivity index (χ0v) is 14.4. The summed E-state index contributed by atoms with van der Waals surface area (Å²) in [5.41, 5.74) is 1.31. The molecule has 1 N–H and O–H groups in total. The lowest BCUT2D eigenvalue weighted by atomic mass is 10.1. The number of nitrogens with zero attached hydrogens (tertiary/aromatic N) is 4. The summed E-state index contributed by atoms with van der Waals surface area (Å²) in [7, 11) is 0. The topological polar surface area (TPSA) is 74.5 Å². The molecule has 2 fully saturated rings. The van der Waals surface area contributed by atoms with Crippen molar-refractivity contribution in [2.75, 3.05) is 26.2 Å². The van der Waals surface area contributed by atoms with Gasteiger partial charge >= 0.3 is 6.03 Å². The van der Waals surface area contributed by atoms with E-state index in [1.807, 2.05) is 17.9 Å². The van der Waals surface area contributed by atoms with Gasteiger partial charge in [0.15, 0.2) is 5.82 Å².